The van der Waals surface area contributed by atoms with Crippen molar-refractivity contribution < 1.29 is 30.7 Å². The normalized spacial score (nSPS) is 11.7. The number of hydrogen-bond acceptors (Lipinski definition) is 5. The molecule has 23 heavy (non-hydrogen) atoms. The Kier molecular flexibility index (Phi) is 6.96. The van der Waals surface area contributed by atoms with Gasteiger partial charge in [0.1, 0.15) is 17.3 Å². The van der Waals surface area contributed by atoms with Crippen LogP contribution in [0.3, 0.4) is 0 Å². The average Bonchev–Trinajstić information content (AvgIpc) is 2.41. The van der Waals surface area contributed by atoms with Gasteiger partial charge in [0.2, 0.25) is 0 Å². The second-order valence-electron chi connectivity index (χ2n) is 4.35. The number of benzene rings is 2. The van der Waals surface area contributed by atoms with Crippen molar-refractivity contribution in [1.82, 2.24) is 0 Å². The van der Waals surface area contributed by atoms with Crippen LogP contribution in [-0.4, -0.2) is 83.9 Å². The molecular formula is C13H13KO7S2. The standard InChI is InChI=1S/C13H12O7S2.K.H/c1-2-5-20-10-4-3-9-6-11(21(14,15)16)8-13(12(9)7-10)22(17,18)19;;/h2-4,6-8H,1,5H2,(H,14,15,16)(H,17,18,19);;. The van der Waals surface area contributed by atoms with E-state index in [-0.39, 0.29) is 68.8 Å². The third-order valence-corrected chi connectivity index (χ3v) is 4.53. The van der Waals surface area contributed by atoms with Crippen LogP contribution >= 0.6 is 0 Å². The summed E-state index contributed by atoms with van der Waals surface area (Å²) in [5, 5.41) is 0.269. The van der Waals surface area contributed by atoms with E-state index in [1.807, 2.05) is 0 Å². The molecule has 0 aromatic heterocycles. The van der Waals surface area contributed by atoms with E-state index in [1.165, 1.54) is 24.3 Å². The molecule has 2 N–H and O–H groups in total. The van der Waals surface area contributed by atoms with Gasteiger partial charge in [-0.3, -0.25) is 9.11 Å². The van der Waals surface area contributed by atoms with Crippen molar-refractivity contribution in [1.29, 1.82) is 0 Å². The summed E-state index contributed by atoms with van der Waals surface area (Å²) in [7, 11) is -9.32. The predicted molar refractivity (Wildman–Crippen MR) is 86.4 cm³/mol. The summed E-state index contributed by atoms with van der Waals surface area (Å²) in [5.74, 6) is 0.317. The summed E-state index contributed by atoms with van der Waals surface area (Å²) < 4.78 is 69.0. The first-order chi connectivity index (χ1) is 10.1. The van der Waals surface area contributed by atoms with Crippen molar-refractivity contribution in [2.75, 3.05) is 6.61 Å². The van der Waals surface area contributed by atoms with Crippen LogP contribution in [-0.2, 0) is 20.2 Å². The molecule has 0 amide bonds. The summed E-state index contributed by atoms with van der Waals surface area (Å²) in [6.07, 6.45) is 1.50. The second kappa shape index (κ2) is 7.72. The molecule has 7 nitrogen and oxygen atoms in total. The Morgan fingerprint density at radius 2 is 1.70 bits per heavy atom. The minimum absolute atomic E-state index is 0. The Hall–Kier alpha value is -0.304. The van der Waals surface area contributed by atoms with Crippen LogP contribution in [0.4, 0.5) is 0 Å². The molecule has 0 aliphatic carbocycles. The average molecular weight is 384 g/mol. The summed E-state index contributed by atoms with van der Waals surface area (Å²) in [4.78, 5) is -1.27. The molecule has 0 saturated heterocycles. The van der Waals surface area contributed by atoms with Crippen LogP contribution in [0.1, 0.15) is 0 Å². The van der Waals surface area contributed by atoms with Crippen molar-refractivity contribution in [2.45, 2.75) is 9.79 Å². The van der Waals surface area contributed by atoms with Gasteiger partial charge in [-0.2, -0.15) is 16.8 Å². The summed E-state index contributed by atoms with van der Waals surface area (Å²) in [6.45, 7) is 3.67. The first-order valence-electron chi connectivity index (χ1n) is 5.89. The van der Waals surface area contributed by atoms with Gasteiger partial charge in [-0.15, -0.1) is 0 Å². The Bertz CT molecular complexity index is 950. The van der Waals surface area contributed by atoms with Gasteiger partial charge in [0, 0.05) is 5.39 Å². The van der Waals surface area contributed by atoms with E-state index in [0.717, 1.165) is 6.07 Å². The first kappa shape index (κ1) is 20.7. The fraction of sp³-hybridized carbons (Fsp3) is 0.0769. The molecular weight excluding hydrogens is 371 g/mol. The van der Waals surface area contributed by atoms with E-state index < -0.39 is 30.0 Å². The molecule has 0 fully saturated rings. The van der Waals surface area contributed by atoms with E-state index in [1.54, 1.807) is 0 Å². The molecule has 0 aliphatic heterocycles. The van der Waals surface area contributed by atoms with Crippen molar-refractivity contribution >= 4 is 82.4 Å². The molecule has 2 aromatic rings. The van der Waals surface area contributed by atoms with Gasteiger partial charge < -0.3 is 4.74 Å². The van der Waals surface area contributed by atoms with Crippen LogP contribution < -0.4 is 4.74 Å². The molecule has 120 valence electrons. The van der Waals surface area contributed by atoms with Gasteiger partial charge in [-0.05, 0) is 29.7 Å². The molecule has 2 rings (SSSR count). The van der Waals surface area contributed by atoms with Crippen molar-refractivity contribution in [3.05, 3.63) is 43.0 Å². The topological polar surface area (TPSA) is 118 Å². The molecule has 0 spiro atoms. The number of rotatable bonds is 5. The molecule has 0 unspecified atom stereocenters. The number of fused-ring (bicyclic) bond motifs is 1. The quantitative estimate of drug-likeness (QED) is 0.452. The molecule has 2 aromatic carbocycles. The minimum atomic E-state index is -4.70. The zero-order chi connectivity index (χ0) is 16.5. The molecule has 0 saturated carbocycles. The zero-order valence-corrected chi connectivity index (χ0v) is 12.8. The van der Waals surface area contributed by atoms with E-state index in [0.29, 0.717) is 11.8 Å². The van der Waals surface area contributed by atoms with Crippen LogP contribution in [0.5, 0.6) is 5.75 Å². The SMILES string of the molecule is C=CCOc1ccc2cc(S(=O)(=O)O)cc(S(=O)(=O)O)c2c1.[KH]. The van der Waals surface area contributed by atoms with Gasteiger partial charge in [-0.1, -0.05) is 18.7 Å². The molecule has 10 heteroatoms. The third-order valence-electron chi connectivity index (χ3n) is 2.80. The molecule has 0 aliphatic rings. The first-order valence-corrected chi connectivity index (χ1v) is 8.77. The van der Waals surface area contributed by atoms with Gasteiger partial charge in [0.25, 0.3) is 20.2 Å². The van der Waals surface area contributed by atoms with E-state index in [9.17, 15) is 21.4 Å². The zero-order valence-electron chi connectivity index (χ0n) is 11.1. The van der Waals surface area contributed by atoms with E-state index >= 15 is 0 Å². The molecule has 0 heterocycles. The van der Waals surface area contributed by atoms with Crippen molar-refractivity contribution in [3.8, 4) is 5.75 Å². The van der Waals surface area contributed by atoms with Crippen LogP contribution in [0.25, 0.3) is 10.8 Å². The monoisotopic (exact) mass is 384 g/mol. The number of hydrogen-bond donors (Lipinski definition) is 2. The fourth-order valence-corrected chi connectivity index (χ4v) is 3.23. The Morgan fingerprint density at radius 1 is 1.04 bits per heavy atom. The Morgan fingerprint density at radius 3 is 2.22 bits per heavy atom. The summed E-state index contributed by atoms with van der Waals surface area (Å²) in [6, 6.07) is 6.03. The van der Waals surface area contributed by atoms with E-state index in [4.69, 9.17) is 9.29 Å². The van der Waals surface area contributed by atoms with Gasteiger partial charge >= 0.3 is 51.4 Å². The van der Waals surface area contributed by atoms with Crippen LogP contribution in [0.15, 0.2) is 52.8 Å². The van der Waals surface area contributed by atoms with Crippen LogP contribution in [0, 0.1) is 0 Å². The van der Waals surface area contributed by atoms with Gasteiger partial charge in [0.05, 0.1) is 4.90 Å². The summed E-state index contributed by atoms with van der Waals surface area (Å²) >= 11 is 0. The van der Waals surface area contributed by atoms with Crippen LogP contribution in [0.2, 0.25) is 0 Å². The third kappa shape index (κ3) is 5.08. The van der Waals surface area contributed by atoms with E-state index in [2.05, 4.69) is 6.58 Å². The maximum absolute atomic E-state index is 11.5. The van der Waals surface area contributed by atoms with Gasteiger partial charge in [0.15, 0.2) is 0 Å². The Labute approximate surface area is 176 Å². The maximum atomic E-state index is 11.5. The molecule has 0 atom stereocenters. The van der Waals surface area contributed by atoms with Crippen molar-refractivity contribution in [2.24, 2.45) is 0 Å². The summed E-state index contributed by atoms with van der Waals surface area (Å²) in [5.41, 5.74) is 0. The van der Waals surface area contributed by atoms with Gasteiger partial charge in [-0.25, -0.2) is 0 Å². The number of ether oxygens (including phenoxy) is 1. The van der Waals surface area contributed by atoms with Crippen molar-refractivity contribution in [3.63, 3.8) is 0 Å². The molecule has 0 radical (unpaired) electrons. The molecule has 0 bridgehead atoms. The second-order valence-corrected chi connectivity index (χ2v) is 7.17. The Balaban J connectivity index is 0.00000264. The predicted octanol–water partition coefficient (Wildman–Crippen LogP) is 1.25. The fourth-order valence-electron chi connectivity index (χ4n) is 1.88.